The molecule has 0 radical (unpaired) electrons. The lowest BCUT2D eigenvalue weighted by Gasteiger charge is -2.15. The van der Waals surface area contributed by atoms with Crippen LogP contribution in [0.4, 0.5) is 5.95 Å². The first-order valence-electron chi connectivity index (χ1n) is 5.58. The van der Waals surface area contributed by atoms with E-state index in [-0.39, 0.29) is 0 Å². The minimum Gasteiger partial charge on any atom is -0.352 e. The van der Waals surface area contributed by atoms with E-state index in [4.69, 9.17) is 0 Å². The first-order valence-corrected chi connectivity index (χ1v) is 6.97. The molecule has 3 nitrogen and oxygen atoms in total. The number of hydrogen-bond donors (Lipinski definition) is 1. The van der Waals surface area contributed by atoms with E-state index >= 15 is 0 Å². The average Bonchev–Trinajstić information content (AvgIpc) is 2.64. The monoisotopic (exact) mass is 239 g/mol. The second kappa shape index (κ2) is 6.63. The van der Waals surface area contributed by atoms with Crippen LogP contribution in [0.5, 0.6) is 0 Å². The lowest BCUT2D eigenvalue weighted by atomic mass is 10.2. The van der Waals surface area contributed by atoms with Crippen molar-refractivity contribution in [3.05, 3.63) is 24.5 Å². The summed E-state index contributed by atoms with van der Waals surface area (Å²) in [6.45, 7) is 8.72. The molecule has 1 N–H and O–H groups in total. The van der Waals surface area contributed by atoms with Gasteiger partial charge in [0.15, 0.2) is 0 Å². The summed E-state index contributed by atoms with van der Waals surface area (Å²) >= 11 is 1.88. The van der Waals surface area contributed by atoms with Gasteiger partial charge in [-0.2, -0.15) is 11.8 Å². The zero-order valence-corrected chi connectivity index (χ0v) is 11.2. The van der Waals surface area contributed by atoms with Crippen molar-refractivity contribution in [1.82, 2.24) is 9.55 Å². The van der Waals surface area contributed by atoms with Crippen molar-refractivity contribution in [2.45, 2.75) is 26.3 Å². The first-order chi connectivity index (χ1) is 7.69. The molecule has 0 aromatic carbocycles. The van der Waals surface area contributed by atoms with Crippen LogP contribution in [0.25, 0.3) is 0 Å². The fraction of sp³-hybridized carbons (Fsp3) is 0.583. The largest absolute Gasteiger partial charge is 0.352 e. The van der Waals surface area contributed by atoms with E-state index in [1.807, 2.05) is 24.8 Å². The predicted molar refractivity (Wildman–Crippen MR) is 73.4 cm³/mol. The summed E-state index contributed by atoms with van der Waals surface area (Å²) < 4.78 is 2.22. The normalized spacial score (nSPS) is 12.4. The summed E-state index contributed by atoms with van der Waals surface area (Å²) in [4.78, 5) is 4.47. The Balaban J connectivity index is 2.72. The minimum atomic E-state index is 0.487. The maximum atomic E-state index is 4.47. The minimum absolute atomic E-state index is 0.487. The number of thioether (sulfide) groups is 1. The molecule has 0 amide bonds. The molecule has 1 heterocycles. The maximum Gasteiger partial charge on any atom is 0.203 e. The van der Waals surface area contributed by atoms with Gasteiger partial charge in [-0.25, -0.2) is 4.98 Å². The summed E-state index contributed by atoms with van der Waals surface area (Å²) in [6, 6.07) is 0.487. The van der Waals surface area contributed by atoms with Crippen molar-refractivity contribution in [3.8, 4) is 0 Å². The third-order valence-electron chi connectivity index (χ3n) is 2.47. The summed E-state index contributed by atoms with van der Waals surface area (Å²) in [5.41, 5.74) is 1.06. The predicted octanol–water partition coefficient (Wildman–Crippen LogP) is 3.10. The Labute approximate surface area is 102 Å². The number of hydrogen-bond acceptors (Lipinski definition) is 3. The van der Waals surface area contributed by atoms with E-state index in [1.165, 1.54) is 12.2 Å². The molecule has 4 heteroatoms. The van der Waals surface area contributed by atoms with Gasteiger partial charge in [-0.05, 0) is 32.3 Å². The number of nitrogens with one attached hydrogen (secondary N) is 1. The van der Waals surface area contributed by atoms with E-state index in [9.17, 15) is 0 Å². The van der Waals surface area contributed by atoms with Crippen molar-refractivity contribution in [1.29, 1.82) is 0 Å². The fourth-order valence-corrected chi connectivity index (χ4v) is 2.15. The molecule has 1 aromatic rings. The molecule has 0 aliphatic heterocycles. The zero-order valence-electron chi connectivity index (χ0n) is 10.4. The zero-order chi connectivity index (χ0) is 12.0. The van der Waals surface area contributed by atoms with Crippen LogP contribution in [-0.2, 0) is 0 Å². The Hall–Kier alpha value is -0.900. The molecule has 0 bridgehead atoms. The highest BCUT2D eigenvalue weighted by Crippen LogP contribution is 2.19. The number of anilines is 1. The number of aryl methyl sites for hydroxylation is 1. The summed E-state index contributed by atoms with van der Waals surface area (Å²) in [6.07, 6.45) is 7.26. The van der Waals surface area contributed by atoms with Crippen LogP contribution < -0.4 is 5.32 Å². The van der Waals surface area contributed by atoms with Gasteiger partial charge in [-0.3, -0.25) is 0 Å². The van der Waals surface area contributed by atoms with Crippen molar-refractivity contribution in [2.24, 2.45) is 0 Å². The lowest BCUT2D eigenvalue weighted by molar-refractivity contribution is 0.539. The summed E-state index contributed by atoms with van der Waals surface area (Å²) in [5.74, 6) is 2.13. The molecule has 0 spiro atoms. The van der Waals surface area contributed by atoms with E-state index < -0.39 is 0 Å². The molecule has 1 unspecified atom stereocenters. The molecule has 90 valence electrons. The molecule has 1 atom stereocenters. The SMILES string of the molecule is C=CCNc1nc(C)cn1C(C)CCSC. The molecular formula is C12H21N3S. The van der Waals surface area contributed by atoms with Crippen LogP contribution in [0.1, 0.15) is 25.1 Å². The van der Waals surface area contributed by atoms with Gasteiger partial charge < -0.3 is 9.88 Å². The molecule has 0 fully saturated rings. The third kappa shape index (κ3) is 3.59. The van der Waals surface area contributed by atoms with Gasteiger partial charge in [0.1, 0.15) is 0 Å². The Morgan fingerprint density at radius 2 is 2.44 bits per heavy atom. The highest BCUT2D eigenvalue weighted by Gasteiger charge is 2.10. The molecule has 1 rings (SSSR count). The van der Waals surface area contributed by atoms with Crippen LogP contribution in [-0.4, -0.2) is 28.1 Å². The van der Waals surface area contributed by atoms with Crippen LogP contribution in [0.3, 0.4) is 0 Å². The van der Waals surface area contributed by atoms with Gasteiger partial charge in [0.25, 0.3) is 0 Å². The molecule has 16 heavy (non-hydrogen) atoms. The lowest BCUT2D eigenvalue weighted by Crippen LogP contribution is -2.11. The van der Waals surface area contributed by atoms with E-state index in [0.29, 0.717) is 6.04 Å². The number of aromatic nitrogens is 2. The number of rotatable bonds is 7. The smallest absolute Gasteiger partial charge is 0.203 e. The first kappa shape index (κ1) is 13.2. The van der Waals surface area contributed by atoms with Crippen molar-refractivity contribution in [3.63, 3.8) is 0 Å². The van der Waals surface area contributed by atoms with Gasteiger partial charge in [-0.1, -0.05) is 6.08 Å². The molecule has 0 saturated heterocycles. The second-order valence-corrected chi connectivity index (χ2v) is 4.90. The molecule has 1 aromatic heterocycles. The van der Waals surface area contributed by atoms with Gasteiger partial charge in [-0.15, -0.1) is 6.58 Å². The highest BCUT2D eigenvalue weighted by molar-refractivity contribution is 7.98. The van der Waals surface area contributed by atoms with Crippen LogP contribution in [0.15, 0.2) is 18.9 Å². The highest BCUT2D eigenvalue weighted by atomic mass is 32.2. The van der Waals surface area contributed by atoms with Crippen molar-refractivity contribution in [2.75, 3.05) is 23.9 Å². The number of nitrogens with zero attached hydrogens (tertiary/aromatic N) is 2. The standard InChI is InChI=1S/C12H21N3S/c1-5-7-13-12-14-10(2)9-15(12)11(3)6-8-16-4/h5,9,11H,1,6-8H2,2-4H3,(H,13,14). The van der Waals surface area contributed by atoms with Crippen LogP contribution in [0.2, 0.25) is 0 Å². The Bertz CT molecular complexity index is 333. The van der Waals surface area contributed by atoms with Crippen molar-refractivity contribution < 1.29 is 0 Å². The molecule has 0 aliphatic rings. The quantitative estimate of drug-likeness (QED) is 0.742. The number of imidazole rings is 1. The molecule has 0 aliphatic carbocycles. The van der Waals surface area contributed by atoms with E-state index in [2.05, 4.69) is 40.8 Å². The van der Waals surface area contributed by atoms with Gasteiger partial charge in [0, 0.05) is 18.8 Å². The van der Waals surface area contributed by atoms with E-state index in [0.717, 1.165) is 18.2 Å². The third-order valence-corrected chi connectivity index (χ3v) is 3.12. The Morgan fingerprint density at radius 3 is 3.06 bits per heavy atom. The Kier molecular flexibility index (Phi) is 5.46. The molecule has 0 saturated carbocycles. The fourth-order valence-electron chi connectivity index (χ4n) is 1.57. The summed E-state index contributed by atoms with van der Waals surface area (Å²) in [7, 11) is 0. The van der Waals surface area contributed by atoms with Gasteiger partial charge >= 0.3 is 0 Å². The van der Waals surface area contributed by atoms with E-state index in [1.54, 1.807) is 0 Å². The Morgan fingerprint density at radius 1 is 1.69 bits per heavy atom. The van der Waals surface area contributed by atoms with Gasteiger partial charge in [0.2, 0.25) is 5.95 Å². The summed E-state index contributed by atoms with van der Waals surface area (Å²) in [5, 5.41) is 3.27. The second-order valence-electron chi connectivity index (χ2n) is 3.91. The van der Waals surface area contributed by atoms with Crippen LogP contribution in [0, 0.1) is 6.92 Å². The average molecular weight is 239 g/mol. The molecular weight excluding hydrogens is 218 g/mol. The van der Waals surface area contributed by atoms with Crippen LogP contribution >= 0.6 is 11.8 Å². The maximum absolute atomic E-state index is 4.47. The van der Waals surface area contributed by atoms with Gasteiger partial charge in [0.05, 0.1) is 5.69 Å². The topological polar surface area (TPSA) is 29.9 Å². The van der Waals surface area contributed by atoms with Crippen molar-refractivity contribution >= 4 is 17.7 Å².